The number of carbonyl (C=O) groups excluding carboxylic acids is 1. The SMILES string of the molecule is CN(C(=O)C1CCNCC1)c1nc2ccccc2[nH]1. The van der Waals surface area contributed by atoms with Gasteiger partial charge in [-0.05, 0) is 38.1 Å². The molecule has 2 aromatic rings. The number of nitrogens with zero attached hydrogens (tertiary/aromatic N) is 2. The molecule has 0 radical (unpaired) electrons. The van der Waals surface area contributed by atoms with Gasteiger partial charge in [-0.15, -0.1) is 0 Å². The maximum Gasteiger partial charge on any atom is 0.232 e. The average Bonchev–Trinajstić information content (AvgIpc) is 2.90. The summed E-state index contributed by atoms with van der Waals surface area (Å²) >= 11 is 0. The lowest BCUT2D eigenvalue weighted by molar-refractivity contribution is -0.122. The smallest absolute Gasteiger partial charge is 0.232 e. The maximum absolute atomic E-state index is 12.4. The third-order valence-electron chi connectivity index (χ3n) is 3.71. The molecule has 0 bridgehead atoms. The van der Waals surface area contributed by atoms with Crippen LogP contribution in [0.4, 0.5) is 5.95 Å². The van der Waals surface area contributed by atoms with E-state index < -0.39 is 0 Å². The number of aromatic nitrogens is 2. The van der Waals surface area contributed by atoms with Crippen molar-refractivity contribution in [3.63, 3.8) is 0 Å². The van der Waals surface area contributed by atoms with Gasteiger partial charge in [-0.1, -0.05) is 12.1 Å². The topological polar surface area (TPSA) is 61.0 Å². The lowest BCUT2D eigenvalue weighted by atomic mass is 9.97. The summed E-state index contributed by atoms with van der Waals surface area (Å²) in [7, 11) is 1.79. The minimum Gasteiger partial charge on any atom is -0.324 e. The summed E-state index contributed by atoms with van der Waals surface area (Å²) in [5, 5.41) is 3.28. The van der Waals surface area contributed by atoms with Crippen LogP contribution in [0.2, 0.25) is 0 Å². The number of anilines is 1. The number of nitrogens with one attached hydrogen (secondary N) is 2. The Morgan fingerprint density at radius 3 is 2.79 bits per heavy atom. The Balaban J connectivity index is 1.82. The minimum absolute atomic E-state index is 0.111. The maximum atomic E-state index is 12.4. The van der Waals surface area contributed by atoms with Gasteiger partial charge in [0.15, 0.2) is 0 Å². The van der Waals surface area contributed by atoms with E-state index in [-0.39, 0.29) is 11.8 Å². The third-order valence-corrected chi connectivity index (χ3v) is 3.71. The molecule has 0 aliphatic carbocycles. The summed E-state index contributed by atoms with van der Waals surface area (Å²) in [5.41, 5.74) is 1.85. The van der Waals surface area contributed by atoms with E-state index in [1.54, 1.807) is 11.9 Å². The number of amides is 1. The zero-order valence-corrected chi connectivity index (χ0v) is 11.0. The molecule has 1 aliphatic rings. The second-order valence-corrected chi connectivity index (χ2v) is 5.00. The quantitative estimate of drug-likeness (QED) is 0.858. The summed E-state index contributed by atoms with van der Waals surface area (Å²) in [6.07, 6.45) is 1.81. The van der Waals surface area contributed by atoms with Gasteiger partial charge >= 0.3 is 0 Å². The van der Waals surface area contributed by atoms with Crippen molar-refractivity contribution >= 4 is 22.9 Å². The van der Waals surface area contributed by atoms with Crippen LogP contribution < -0.4 is 10.2 Å². The van der Waals surface area contributed by atoms with Crippen molar-refractivity contribution in [2.45, 2.75) is 12.8 Å². The fraction of sp³-hybridized carbons (Fsp3) is 0.429. The van der Waals surface area contributed by atoms with Gasteiger partial charge in [0.1, 0.15) is 0 Å². The Bertz CT molecular complexity index is 553. The van der Waals surface area contributed by atoms with E-state index in [4.69, 9.17) is 0 Å². The minimum atomic E-state index is 0.111. The van der Waals surface area contributed by atoms with Crippen LogP contribution in [-0.2, 0) is 4.79 Å². The normalized spacial score (nSPS) is 16.7. The van der Waals surface area contributed by atoms with Gasteiger partial charge < -0.3 is 10.3 Å². The van der Waals surface area contributed by atoms with E-state index in [0.29, 0.717) is 5.95 Å². The molecule has 5 nitrogen and oxygen atoms in total. The predicted molar refractivity (Wildman–Crippen MR) is 75.1 cm³/mol. The molecule has 0 unspecified atom stereocenters. The first-order valence-electron chi connectivity index (χ1n) is 6.69. The number of fused-ring (bicyclic) bond motifs is 1. The molecule has 0 spiro atoms. The average molecular weight is 258 g/mol. The third kappa shape index (κ3) is 2.33. The monoisotopic (exact) mass is 258 g/mol. The molecule has 1 aromatic heterocycles. The van der Waals surface area contributed by atoms with Gasteiger partial charge in [-0.2, -0.15) is 0 Å². The summed E-state index contributed by atoms with van der Waals surface area (Å²) in [4.78, 5) is 21.7. The second-order valence-electron chi connectivity index (χ2n) is 5.00. The molecular formula is C14H18N4O. The van der Waals surface area contributed by atoms with Crippen LogP contribution in [0, 0.1) is 5.92 Å². The Hall–Kier alpha value is -1.88. The molecule has 1 amide bonds. The number of aromatic amines is 1. The van der Waals surface area contributed by atoms with Gasteiger partial charge in [-0.3, -0.25) is 9.69 Å². The van der Waals surface area contributed by atoms with Gasteiger partial charge in [0, 0.05) is 13.0 Å². The van der Waals surface area contributed by atoms with E-state index in [1.165, 1.54) is 0 Å². The highest BCUT2D eigenvalue weighted by molar-refractivity contribution is 5.94. The molecule has 1 aliphatic heterocycles. The number of rotatable bonds is 2. The molecular weight excluding hydrogens is 240 g/mol. The van der Waals surface area contributed by atoms with Gasteiger partial charge in [-0.25, -0.2) is 4.98 Å². The number of hydrogen-bond acceptors (Lipinski definition) is 3. The van der Waals surface area contributed by atoms with Crippen LogP contribution in [0.1, 0.15) is 12.8 Å². The highest BCUT2D eigenvalue weighted by Gasteiger charge is 2.25. The molecule has 1 aromatic carbocycles. The molecule has 2 heterocycles. The van der Waals surface area contributed by atoms with Crippen molar-refractivity contribution in [3.8, 4) is 0 Å². The predicted octanol–water partition coefficient (Wildman–Crippen LogP) is 1.53. The fourth-order valence-corrected chi connectivity index (χ4v) is 2.55. The number of hydrogen-bond donors (Lipinski definition) is 2. The number of carbonyl (C=O) groups is 1. The number of piperidine rings is 1. The van der Waals surface area contributed by atoms with Crippen molar-refractivity contribution in [3.05, 3.63) is 24.3 Å². The Morgan fingerprint density at radius 1 is 1.32 bits per heavy atom. The highest BCUT2D eigenvalue weighted by atomic mass is 16.2. The lowest BCUT2D eigenvalue weighted by Gasteiger charge is -2.25. The molecule has 19 heavy (non-hydrogen) atoms. The zero-order valence-electron chi connectivity index (χ0n) is 11.0. The van der Waals surface area contributed by atoms with Crippen molar-refractivity contribution in [1.82, 2.24) is 15.3 Å². The molecule has 1 fully saturated rings. The van der Waals surface area contributed by atoms with Crippen molar-refractivity contribution < 1.29 is 4.79 Å². The van der Waals surface area contributed by atoms with Crippen molar-refractivity contribution in [1.29, 1.82) is 0 Å². The van der Waals surface area contributed by atoms with Crippen LogP contribution in [0.25, 0.3) is 11.0 Å². The highest BCUT2D eigenvalue weighted by Crippen LogP contribution is 2.20. The Kier molecular flexibility index (Phi) is 3.21. The lowest BCUT2D eigenvalue weighted by Crippen LogP contribution is -2.39. The van der Waals surface area contributed by atoms with Crippen LogP contribution in [-0.4, -0.2) is 36.0 Å². The van der Waals surface area contributed by atoms with Gasteiger partial charge in [0.25, 0.3) is 0 Å². The molecule has 100 valence electrons. The number of benzene rings is 1. The number of para-hydroxylation sites is 2. The van der Waals surface area contributed by atoms with Crippen LogP contribution in [0.5, 0.6) is 0 Å². The van der Waals surface area contributed by atoms with Crippen LogP contribution in [0.3, 0.4) is 0 Å². The molecule has 1 saturated heterocycles. The first kappa shape index (κ1) is 12.2. The van der Waals surface area contributed by atoms with Gasteiger partial charge in [0.2, 0.25) is 11.9 Å². The number of imidazole rings is 1. The second kappa shape index (κ2) is 5.01. The van der Waals surface area contributed by atoms with Gasteiger partial charge in [0.05, 0.1) is 11.0 Å². The molecule has 0 saturated carbocycles. The fourth-order valence-electron chi connectivity index (χ4n) is 2.55. The molecule has 3 rings (SSSR count). The van der Waals surface area contributed by atoms with E-state index in [1.807, 2.05) is 24.3 Å². The molecule has 2 N–H and O–H groups in total. The first-order chi connectivity index (χ1) is 9.25. The molecule has 5 heteroatoms. The Labute approximate surface area is 112 Å². The molecule has 0 atom stereocenters. The van der Waals surface area contributed by atoms with Crippen LogP contribution >= 0.6 is 0 Å². The zero-order chi connectivity index (χ0) is 13.2. The number of H-pyrrole nitrogens is 1. The van der Waals surface area contributed by atoms with E-state index >= 15 is 0 Å². The van der Waals surface area contributed by atoms with Crippen LogP contribution in [0.15, 0.2) is 24.3 Å². The van der Waals surface area contributed by atoms with E-state index in [2.05, 4.69) is 15.3 Å². The van der Waals surface area contributed by atoms with E-state index in [9.17, 15) is 4.79 Å². The summed E-state index contributed by atoms with van der Waals surface area (Å²) in [6, 6.07) is 7.81. The van der Waals surface area contributed by atoms with Crippen molar-refractivity contribution in [2.75, 3.05) is 25.0 Å². The summed E-state index contributed by atoms with van der Waals surface area (Å²) in [6.45, 7) is 1.84. The van der Waals surface area contributed by atoms with E-state index in [0.717, 1.165) is 37.0 Å². The van der Waals surface area contributed by atoms with Crippen molar-refractivity contribution in [2.24, 2.45) is 5.92 Å². The standard InChI is InChI=1S/C14H18N4O/c1-18(13(19)10-6-8-15-9-7-10)14-16-11-4-2-3-5-12(11)17-14/h2-5,10,15H,6-9H2,1H3,(H,16,17). The summed E-state index contributed by atoms with van der Waals surface area (Å²) in [5.74, 6) is 0.893. The largest absolute Gasteiger partial charge is 0.324 e. The summed E-state index contributed by atoms with van der Waals surface area (Å²) < 4.78 is 0. The first-order valence-corrected chi connectivity index (χ1v) is 6.69. The Morgan fingerprint density at radius 2 is 2.05 bits per heavy atom.